The van der Waals surface area contributed by atoms with Crippen LogP contribution < -0.4 is 15.5 Å². The molecule has 1 saturated carbocycles. The number of likely N-dealkylation sites (N-methyl/N-ethyl adjacent to an activating group) is 1. The Hall–Kier alpha value is -1.82. The standard InChI is InChI=1S/C19H32N6/c1-20-19(23-17-6-4-3-5-7-17)22-15-16-8-9-18(21-14-16)25-12-10-24(2)11-13-25/h8-9,14,17H,3-7,10-13,15H2,1-2H3,(H2,20,22,23). The lowest BCUT2D eigenvalue weighted by molar-refractivity contribution is 0.312. The molecule has 0 spiro atoms. The van der Waals surface area contributed by atoms with Crippen LogP contribution in [0.1, 0.15) is 37.7 Å². The molecule has 1 aliphatic carbocycles. The van der Waals surface area contributed by atoms with Gasteiger partial charge in [-0.25, -0.2) is 4.98 Å². The summed E-state index contributed by atoms with van der Waals surface area (Å²) in [4.78, 5) is 13.7. The monoisotopic (exact) mass is 344 g/mol. The first-order valence-corrected chi connectivity index (χ1v) is 9.60. The molecule has 6 heteroatoms. The van der Waals surface area contributed by atoms with E-state index in [2.05, 4.69) is 49.6 Å². The van der Waals surface area contributed by atoms with Gasteiger partial charge in [-0.15, -0.1) is 0 Å². The van der Waals surface area contributed by atoms with Gasteiger partial charge in [-0.3, -0.25) is 4.99 Å². The molecule has 6 nitrogen and oxygen atoms in total. The molecule has 1 aromatic heterocycles. The second kappa shape index (κ2) is 9.04. The van der Waals surface area contributed by atoms with Gasteiger partial charge in [0.2, 0.25) is 0 Å². The van der Waals surface area contributed by atoms with Gasteiger partial charge >= 0.3 is 0 Å². The zero-order chi connectivity index (χ0) is 17.5. The molecule has 0 aromatic carbocycles. The fourth-order valence-electron chi connectivity index (χ4n) is 3.56. The van der Waals surface area contributed by atoms with Crippen LogP contribution in [0.2, 0.25) is 0 Å². The maximum absolute atomic E-state index is 4.65. The third-order valence-electron chi connectivity index (χ3n) is 5.27. The number of aromatic nitrogens is 1. The Bertz CT molecular complexity index is 542. The molecule has 0 radical (unpaired) electrons. The molecule has 0 bridgehead atoms. The minimum Gasteiger partial charge on any atom is -0.354 e. The number of hydrogen-bond acceptors (Lipinski definition) is 4. The average Bonchev–Trinajstić information content (AvgIpc) is 2.67. The van der Waals surface area contributed by atoms with Crippen molar-refractivity contribution in [2.75, 3.05) is 45.2 Å². The molecule has 0 amide bonds. The fraction of sp³-hybridized carbons (Fsp3) is 0.684. The van der Waals surface area contributed by atoms with Gasteiger partial charge in [-0.05, 0) is 31.5 Å². The SMILES string of the molecule is CN=C(NCc1ccc(N2CCN(C)CC2)nc1)NC1CCCCC1. The first-order chi connectivity index (χ1) is 12.2. The lowest BCUT2D eigenvalue weighted by Gasteiger charge is -2.33. The predicted molar refractivity (Wildman–Crippen MR) is 104 cm³/mol. The smallest absolute Gasteiger partial charge is 0.191 e. The zero-order valence-electron chi connectivity index (χ0n) is 15.7. The van der Waals surface area contributed by atoms with E-state index in [0.717, 1.165) is 44.5 Å². The van der Waals surface area contributed by atoms with Crippen LogP contribution in [-0.4, -0.2) is 62.2 Å². The summed E-state index contributed by atoms with van der Waals surface area (Å²) in [6.07, 6.45) is 8.51. The Balaban J connectivity index is 1.47. The van der Waals surface area contributed by atoms with Crippen molar-refractivity contribution in [1.29, 1.82) is 0 Å². The number of aliphatic imine (C=N–C) groups is 1. The Morgan fingerprint density at radius 1 is 1.16 bits per heavy atom. The zero-order valence-corrected chi connectivity index (χ0v) is 15.7. The van der Waals surface area contributed by atoms with Gasteiger partial charge < -0.3 is 20.4 Å². The summed E-state index contributed by atoms with van der Waals surface area (Å²) in [6, 6.07) is 4.87. The summed E-state index contributed by atoms with van der Waals surface area (Å²) in [5, 5.41) is 6.97. The van der Waals surface area contributed by atoms with E-state index in [-0.39, 0.29) is 0 Å². The highest BCUT2D eigenvalue weighted by Crippen LogP contribution is 2.17. The molecule has 25 heavy (non-hydrogen) atoms. The quantitative estimate of drug-likeness (QED) is 0.645. The molecule has 2 aliphatic rings. The number of nitrogens with one attached hydrogen (secondary N) is 2. The van der Waals surface area contributed by atoms with Crippen LogP contribution >= 0.6 is 0 Å². The lowest BCUT2D eigenvalue weighted by Crippen LogP contribution is -2.44. The highest BCUT2D eigenvalue weighted by Gasteiger charge is 2.16. The van der Waals surface area contributed by atoms with Gasteiger partial charge in [0.25, 0.3) is 0 Å². The first-order valence-electron chi connectivity index (χ1n) is 9.60. The topological polar surface area (TPSA) is 55.8 Å². The van der Waals surface area contributed by atoms with Crippen molar-refractivity contribution >= 4 is 11.8 Å². The summed E-state index contributed by atoms with van der Waals surface area (Å²) in [5.41, 5.74) is 1.18. The van der Waals surface area contributed by atoms with Crippen LogP contribution in [0.25, 0.3) is 0 Å². The molecule has 2 heterocycles. The molecule has 138 valence electrons. The molecule has 1 aliphatic heterocycles. The van der Waals surface area contributed by atoms with Gasteiger partial charge in [0, 0.05) is 52.0 Å². The summed E-state index contributed by atoms with van der Waals surface area (Å²) in [6.45, 7) is 5.07. The lowest BCUT2D eigenvalue weighted by atomic mass is 9.96. The Morgan fingerprint density at radius 2 is 1.92 bits per heavy atom. The number of nitrogens with zero attached hydrogens (tertiary/aromatic N) is 4. The summed E-state index contributed by atoms with van der Waals surface area (Å²) >= 11 is 0. The second-order valence-electron chi connectivity index (χ2n) is 7.22. The maximum atomic E-state index is 4.65. The largest absolute Gasteiger partial charge is 0.354 e. The number of rotatable bonds is 4. The first kappa shape index (κ1) is 18.0. The van der Waals surface area contributed by atoms with E-state index >= 15 is 0 Å². The van der Waals surface area contributed by atoms with Crippen molar-refractivity contribution in [2.45, 2.75) is 44.7 Å². The Labute approximate surface area is 151 Å². The van der Waals surface area contributed by atoms with Crippen LogP contribution in [-0.2, 0) is 6.54 Å². The predicted octanol–water partition coefficient (Wildman–Crippen LogP) is 1.83. The van der Waals surface area contributed by atoms with Crippen LogP contribution in [0.3, 0.4) is 0 Å². The third kappa shape index (κ3) is 5.33. The van der Waals surface area contributed by atoms with E-state index in [1.54, 1.807) is 0 Å². The highest BCUT2D eigenvalue weighted by atomic mass is 15.3. The van der Waals surface area contributed by atoms with E-state index in [0.29, 0.717) is 6.04 Å². The normalized spacial score (nSPS) is 20.6. The van der Waals surface area contributed by atoms with E-state index in [1.165, 1.54) is 37.7 Å². The van der Waals surface area contributed by atoms with Crippen molar-refractivity contribution in [3.63, 3.8) is 0 Å². The molecule has 0 unspecified atom stereocenters. The number of anilines is 1. The number of guanidine groups is 1. The maximum Gasteiger partial charge on any atom is 0.191 e. The molecular formula is C19H32N6. The van der Waals surface area contributed by atoms with Crippen LogP contribution in [0.15, 0.2) is 23.3 Å². The van der Waals surface area contributed by atoms with Crippen molar-refractivity contribution < 1.29 is 0 Å². The minimum atomic E-state index is 0.567. The van der Waals surface area contributed by atoms with Gasteiger partial charge in [-0.2, -0.15) is 0 Å². The fourth-order valence-corrected chi connectivity index (χ4v) is 3.56. The number of pyridine rings is 1. The molecule has 1 aromatic rings. The van der Waals surface area contributed by atoms with E-state index in [4.69, 9.17) is 0 Å². The number of piperazine rings is 1. The van der Waals surface area contributed by atoms with E-state index in [1.807, 2.05) is 13.2 Å². The summed E-state index contributed by atoms with van der Waals surface area (Å²) in [7, 11) is 4.01. The third-order valence-corrected chi connectivity index (χ3v) is 5.27. The molecule has 3 rings (SSSR count). The Morgan fingerprint density at radius 3 is 2.56 bits per heavy atom. The van der Waals surface area contributed by atoms with Gasteiger partial charge in [0.05, 0.1) is 0 Å². The average molecular weight is 345 g/mol. The van der Waals surface area contributed by atoms with Crippen molar-refractivity contribution in [1.82, 2.24) is 20.5 Å². The van der Waals surface area contributed by atoms with Crippen LogP contribution in [0.4, 0.5) is 5.82 Å². The van der Waals surface area contributed by atoms with Gasteiger partial charge in [-0.1, -0.05) is 25.3 Å². The molecule has 2 N–H and O–H groups in total. The highest BCUT2D eigenvalue weighted by molar-refractivity contribution is 5.79. The molecular weight excluding hydrogens is 312 g/mol. The van der Waals surface area contributed by atoms with Crippen molar-refractivity contribution in [3.8, 4) is 0 Å². The van der Waals surface area contributed by atoms with Gasteiger partial charge in [0.15, 0.2) is 5.96 Å². The van der Waals surface area contributed by atoms with Crippen molar-refractivity contribution in [3.05, 3.63) is 23.9 Å². The minimum absolute atomic E-state index is 0.567. The summed E-state index contributed by atoms with van der Waals surface area (Å²) < 4.78 is 0. The summed E-state index contributed by atoms with van der Waals surface area (Å²) in [5.74, 6) is 1.98. The molecule has 0 atom stereocenters. The number of hydrogen-bond donors (Lipinski definition) is 2. The Kier molecular flexibility index (Phi) is 6.50. The van der Waals surface area contributed by atoms with Crippen LogP contribution in [0.5, 0.6) is 0 Å². The van der Waals surface area contributed by atoms with Crippen LogP contribution in [0, 0.1) is 0 Å². The second-order valence-corrected chi connectivity index (χ2v) is 7.22. The van der Waals surface area contributed by atoms with E-state index in [9.17, 15) is 0 Å². The molecule has 2 fully saturated rings. The van der Waals surface area contributed by atoms with Gasteiger partial charge in [0.1, 0.15) is 5.82 Å². The van der Waals surface area contributed by atoms with E-state index < -0.39 is 0 Å². The molecule has 1 saturated heterocycles. The van der Waals surface area contributed by atoms with Crippen molar-refractivity contribution in [2.24, 2.45) is 4.99 Å².